The molecule has 2 aromatic rings. The van der Waals surface area contributed by atoms with E-state index in [9.17, 15) is 4.79 Å². The SMILES string of the molecule is CCOc1nc(C)c(NC(=O)c2ccno2)c(C)n1. The third-order valence-corrected chi connectivity index (χ3v) is 2.42. The predicted octanol–water partition coefficient (Wildman–Crippen LogP) is 1.73. The van der Waals surface area contributed by atoms with E-state index in [1.807, 2.05) is 6.92 Å². The lowest BCUT2D eigenvalue weighted by Crippen LogP contribution is -2.15. The normalized spacial score (nSPS) is 10.3. The summed E-state index contributed by atoms with van der Waals surface area (Å²) in [6.45, 7) is 5.89. The first-order valence-corrected chi connectivity index (χ1v) is 5.82. The van der Waals surface area contributed by atoms with Crippen molar-refractivity contribution in [2.45, 2.75) is 20.8 Å². The van der Waals surface area contributed by atoms with E-state index >= 15 is 0 Å². The van der Waals surface area contributed by atoms with Gasteiger partial charge in [0.15, 0.2) is 0 Å². The van der Waals surface area contributed by atoms with Crippen LogP contribution in [0.3, 0.4) is 0 Å². The highest BCUT2D eigenvalue weighted by Crippen LogP contribution is 2.20. The van der Waals surface area contributed by atoms with Gasteiger partial charge in [0.05, 0.1) is 29.9 Å². The molecule has 2 rings (SSSR count). The van der Waals surface area contributed by atoms with E-state index in [4.69, 9.17) is 9.26 Å². The van der Waals surface area contributed by atoms with E-state index in [0.717, 1.165) is 0 Å². The number of hydrogen-bond donors (Lipinski definition) is 1. The largest absolute Gasteiger partial charge is 0.464 e. The molecule has 0 spiro atoms. The summed E-state index contributed by atoms with van der Waals surface area (Å²) in [4.78, 5) is 20.2. The fourth-order valence-electron chi connectivity index (χ4n) is 1.57. The van der Waals surface area contributed by atoms with Gasteiger partial charge in [0.25, 0.3) is 5.91 Å². The van der Waals surface area contributed by atoms with Crippen LogP contribution in [0.1, 0.15) is 28.9 Å². The van der Waals surface area contributed by atoms with Gasteiger partial charge >= 0.3 is 6.01 Å². The molecule has 7 nitrogen and oxygen atoms in total. The minimum atomic E-state index is -0.392. The number of nitrogens with zero attached hydrogens (tertiary/aromatic N) is 3. The number of anilines is 1. The maximum atomic E-state index is 11.9. The van der Waals surface area contributed by atoms with Gasteiger partial charge in [0, 0.05) is 6.07 Å². The Hall–Kier alpha value is -2.44. The van der Waals surface area contributed by atoms with E-state index < -0.39 is 5.91 Å². The van der Waals surface area contributed by atoms with Crippen molar-refractivity contribution in [3.8, 4) is 6.01 Å². The van der Waals surface area contributed by atoms with Gasteiger partial charge in [0.1, 0.15) is 0 Å². The summed E-state index contributed by atoms with van der Waals surface area (Å²) in [5, 5.41) is 6.18. The van der Waals surface area contributed by atoms with Crippen LogP contribution >= 0.6 is 0 Å². The molecule has 0 unspecified atom stereocenters. The Morgan fingerprint density at radius 2 is 2.05 bits per heavy atom. The molecule has 0 aromatic carbocycles. The van der Waals surface area contributed by atoms with Crippen LogP contribution < -0.4 is 10.1 Å². The van der Waals surface area contributed by atoms with Crippen LogP contribution in [0.15, 0.2) is 16.8 Å². The molecule has 0 saturated carbocycles. The second-order valence-electron chi connectivity index (χ2n) is 3.82. The zero-order valence-electron chi connectivity index (χ0n) is 10.9. The summed E-state index contributed by atoms with van der Waals surface area (Å²) >= 11 is 0. The van der Waals surface area contributed by atoms with Crippen molar-refractivity contribution in [2.75, 3.05) is 11.9 Å². The van der Waals surface area contributed by atoms with E-state index in [-0.39, 0.29) is 5.76 Å². The van der Waals surface area contributed by atoms with Crippen molar-refractivity contribution in [3.05, 3.63) is 29.4 Å². The first-order chi connectivity index (χ1) is 9.11. The summed E-state index contributed by atoms with van der Waals surface area (Å²) in [6, 6.07) is 1.78. The molecular formula is C12H14N4O3. The summed E-state index contributed by atoms with van der Waals surface area (Å²) in [6.07, 6.45) is 1.41. The molecule has 19 heavy (non-hydrogen) atoms. The van der Waals surface area contributed by atoms with Gasteiger partial charge in [0.2, 0.25) is 5.76 Å². The lowest BCUT2D eigenvalue weighted by Gasteiger charge is -2.10. The van der Waals surface area contributed by atoms with Crippen molar-refractivity contribution >= 4 is 11.6 Å². The monoisotopic (exact) mass is 262 g/mol. The number of carbonyl (C=O) groups is 1. The number of aryl methyl sites for hydroxylation is 2. The number of hydrogen-bond acceptors (Lipinski definition) is 6. The maximum Gasteiger partial charge on any atom is 0.316 e. The smallest absolute Gasteiger partial charge is 0.316 e. The first kappa shape index (κ1) is 13.0. The number of aromatic nitrogens is 3. The quantitative estimate of drug-likeness (QED) is 0.902. The fourth-order valence-corrected chi connectivity index (χ4v) is 1.57. The Morgan fingerprint density at radius 3 is 2.58 bits per heavy atom. The Bertz CT molecular complexity index is 558. The zero-order chi connectivity index (χ0) is 13.8. The van der Waals surface area contributed by atoms with Gasteiger partial charge in [-0.25, -0.2) is 0 Å². The van der Waals surface area contributed by atoms with Crippen molar-refractivity contribution in [3.63, 3.8) is 0 Å². The fraction of sp³-hybridized carbons (Fsp3) is 0.333. The van der Waals surface area contributed by atoms with E-state index in [2.05, 4.69) is 20.4 Å². The van der Waals surface area contributed by atoms with Crippen LogP contribution in [-0.2, 0) is 0 Å². The second-order valence-corrected chi connectivity index (χ2v) is 3.82. The summed E-state index contributed by atoms with van der Waals surface area (Å²) < 4.78 is 10.0. The molecule has 0 saturated heterocycles. The number of rotatable bonds is 4. The molecule has 100 valence electrons. The molecule has 7 heteroatoms. The average molecular weight is 262 g/mol. The van der Waals surface area contributed by atoms with Crippen LogP contribution in [0.4, 0.5) is 5.69 Å². The summed E-state index contributed by atoms with van der Waals surface area (Å²) in [5.41, 5.74) is 1.80. The molecule has 0 aliphatic rings. The molecule has 0 radical (unpaired) electrons. The first-order valence-electron chi connectivity index (χ1n) is 5.82. The van der Waals surface area contributed by atoms with Crippen molar-refractivity contribution in [1.29, 1.82) is 0 Å². The molecule has 2 heterocycles. The van der Waals surface area contributed by atoms with Gasteiger partial charge < -0.3 is 14.6 Å². The Morgan fingerprint density at radius 1 is 1.37 bits per heavy atom. The lowest BCUT2D eigenvalue weighted by atomic mass is 10.2. The second kappa shape index (κ2) is 5.47. The highest BCUT2D eigenvalue weighted by molar-refractivity contribution is 6.02. The van der Waals surface area contributed by atoms with Gasteiger partial charge in [-0.3, -0.25) is 4.79 Å². The van der Waals surface area contributed by atoms with Crippen LogP contribution in [0.2, 0.25) is 0 Å². The highest BCUT2D eigenvalue weighted by Gasteiger charge is 2.15. The van der Waals surface area contributed by atoms with E-state index in [0.29, 0.717) is 29.7 Å². The Labute approximate surface area is 110 Å². The number of amides is 1. The molecule has 0 aliphatic carbocycles. The lowest BCUT2D eigenvalue weighted by molar-refractivity contribution is 0.0987. The van der Waals surface area contributed by atoms with Crippen LogP contribution in [0, 0.1) is 13.8 Å². The third kappa shape index (κ3) is 2.87. The Kier molecular flexibility index (Phi) is 3.74. The topological polar surface area (TPSA) is 90.1 Å². The molecule has 1 amide bonds. The maximum absolute atomic E-state index is 11.9. The van der Waals surface area contributed by atoms with Crippen molar-refractivity contribution in [1.82, 2.24) is 15.1 Å². The summed E-state index contributed by atoms with van der Waals surface area (Å²) in [7, 11) is 0. The van der Waals surface area contributed by atoms with Gasteiger partial charge in [-0.2, -0.15) is 9.97 Å². The highest BCUT2D eigenvalue weighted by atomic mass is 16.5. The minimum absolute atomic E-state index is 0.132. The Balaban J connectivity index is 2.23. The molecule has 0 fully saturated rings. The molecule has 0 aliphatic heterocycles. The molecule has 2 aromatic heterocycles. The van der Waals surface area contributed by atoms with Crippen LogP contribution in [-0.4, -0.2) is 27.6 Å². The van der Waals surface area contributed by atoms with Gasteiger partial charge in [-0.05, 0) is 20.8 Å². The standard InChI is InChI=1S/C12H14N4O3/c1-4-18-12-14-7(2)10(8(3)15-12)16-11(17)9-5-6-13-19-9/h5-6H,4H2,1-3H3,(H,16,17). The van der Waals surface area contributed by atoms with Crippen molar-refractivity contribution in [2.24, 2.45) is 0 Å². The average Bonchev–Trinajstić information content (AvgIpc) is 2.88. The number of carbonyl (C=O) groups excluding carboxylic acids is 1. The predicted molar refractivity (Wildman–Crippen MR) is 67.1 cm³/mol. The summed E-state index contributed by atoms with van der Waals surface area (Å²) in [5.74, 6) is -0.260. The molecular weight excluding hydrogens is 248 g/mol. The van der Waals surface area contributed by atoms with E-state index in [1.54, 1.807) is 13.8 Å². The third-order valence-electron chi connectivity index (χ3n) is 2.42. The van der Waals surface area contributed by atoms with Gasteiger partial charge in [-0.1, -0.05) is 5.16 Å². The molecule has 0 bridgehead atoms. The van der Waals surface area contributed by atoms with Crippen LogP contribution in [0.25, 0.3) is 0 Å². The van der Waals surface area contributed by atoms with Gasteiger partial charge in [-0.15, -0.1) is 0 Å². The van der Waals surface area contributed by atoms with Crippen molar-refractivity contribution < 1.29 is 14.1 Å². The van der Waals surface area contributed by atoms with Crippen LogP contribution in [0.5, 0.6) is 6.01 Å². The zero-order valence-corrected chi connectivity index (χ0v) is 10.9. The molecule has 0 atom stereocenters. The number of ether oxygens (including phenoxy) is 1. The van der Waals surface area contributed by atoms with E-state index in [1.165, 1.54) is 12.3 Å². The molecule has 1 N–H and O–H groups in total. The minimum Gasteiger partial charge on any atom is -0.464 e. The number of nitrogens with one attached hydrogen (secondary N) is 1.